The van der Waals surface area contributed by atoms with E-state index in [-0.39, 0.29) is 56.1 Å². The van der Waals surface area contributed by atoms with Gasteiger partial charge in [0.25, 0.3) is 0 Å². The number of Topliss-reactive ketones (excluding diaryl/α,β-unsaturated/α-hetero) is 1. The van der Waals surface area contributed by atoms with Gasteiger partial charge in [-0.1, -0.05) is 93.0 Å². The Morgan fingerprint density at radius 1 is 0.896 bits per heavy atom. The van der Waals surface area contributed by atoms with Crippen LogP contribution in [0.2, 0.25) is 5.02 Å². The van der Waals surface area contributed by atoms with Crippen molar-refractivity contribution in [3.05, 3.63) is 139 Å². The van der Waals surface area contributed by atoms with Crippen molar-refractivity contribution in [2.45, 2.75) is 130 Å². The Labute approximate surface area is 464 Å². The van der Waals surface area contributed by atoms with Crippen LogP contribution in [0.4, 0.5) is 0 Å². The van der Waals surface area contributed by atoms with E-state index in [0.717, 1.165) is 86.4 Å². The third-order valence-electron chi connectivity index (χ3n) is 15.4. The van der Waals surface area contributed by atoms with Gasteiger partial charge >= 0.3 is 0 Å². The molecule has 6 aromatic rings. The highest BCUT2D eigenvalue weighted by Crippen LogP contribution is 2.40. The van der Waals surface area contributed by atoms with Crippen LogP contribution in [0.5, 0.6) is 0 Å². The third kappa shape index (κ3) is 12.8. The Bertz CT molecular complexity index is 3120. The van der Waals surface area contributed by atoms with E-state index in [1.165, 1.54) is 15.3 Å². The van der Waals surface area contributed by atoms with Crippen molar-refractivity contribution in [1.29, 1.82) is 0 Å². The molecular weight excluding hydrogens is 1030 g/mol. The van der Waals surface area contributed by atoms with Gasteiger partial charge in [-0.3, -0.25) is 28.7 Å². The fourth-order valence-electron chi connectivity index (χ4n) is 10.8. The zero-order valence-electron chi connectivity index (χ0n) is 45.3. The summed E-state index contributed by atoms with van der Waals surface area (Å²) in [4.78, 5) is 70.7. The van der Waals surface area contributed by atoms with Crippen molar-refractivity contribution in [2.75, 3.05) is 39.4 Å². The Morgan fingerprint density at radius 3 is 2.27 bits per heavy atom. The first-order valence-corrected chi connectivity index (χ1v) is 28.8. The average molecular weight is 1100 g/mol. The fraction of sp³-hybridized carbons (Fsp3) is 0.458. The Kier molecular flexibility index (Phi) is 17.4. The van der Waals surface area contributed by atoms with Gasteiger partial charge in [-0.05, 0) is 118 Å². The molecule has 9 rings (SSSR count). The number of likely N-dealkylation sites (tertiary alicyclic amines) is 2. The Morgan fingerprint density at radius 2 is 1.60 bits per heavy atom. The number of amides is 3. The maximum atomic E-state index is 14.1. The molecule has 2 fully saturated rings. The first-order valence-electron chi connectivity index (χ1n) is 26.7. The Balaban J connectivity index is 0.718. The standard InChI is InChI=1S/C59H70ClN9O6S2/c1-34-37(4)77-58-52(34)53(43-18-20-45(60)21-19-43)63-47(56-66-65-38(5)69(56)58)30-50(72)62-35(2)40-14-16-41(17-15-40)42-23-25-67(26-24-42)27-28-75-32-51(73)64-55(59(6,7)8)57(74)68-31-46(70)29-48(68)49(71)22-11-39-9-12-44(13-10-39)54-36(3)61-33-76-54/h9-10,12-21,33,35,42,46-48,55,70H,11,22-32H2,1-8H3,(H,62,72)(H,64,73)/t35-,46+,47-,48-,55+/m0/s1. The summed E-state index contributed by atoms with van der Waals surface area (Å²) in [5, 5.41) is 27.5. The van der Waals surface area contributed by atoms with Crippen LogP contribution >= 0.6 is 34.3 Å². The van der Waals surface area contributed by atoms with Gasteiger partial charge in [-0.15, -0.1) is 32.9 Å². The second kappa shape index (κ2) is 24.0. The third-order valence-corrected chi connectivity index (χ3v) is 17.8. The number of hydrogen-bond donors (Lipinski definition) is 3. The van der Waals surface area contributed by atoms with Crippen molar-refractivity contribution >= 4 is 63.5 Å². The quantitative estimate of drug-likeness (QED) is 0.0701. The van der Waals surface area contributed by atoms with Gasteiger partial charge in [0, 0.05) is 47.0 Å². The van der Waals surface area contributed by atoms with Crippen molar-refractivity contribution < 1.29 is 29.0 Å². The predicted molar refractivity (Wildman–Crippen MR) is 303 cm³/mol. The largest absolute Gasteiger partial charge is 0.391 e. The van der Waals surface area contributed by atoms with E-state index < -0.39 is 35.6 Å². The minimum atomic E-state index is -0.918. The molecule has 15 nitrogen and oxygen atoms in total. The second-order valence-corrected chi connectivity index (χ2v) is 24.4. The molecule has 3 aromatic heterocycles. The number of carbonyl (C=O) groups excluding carboxylic acids is 4. The van der Waals surface area contributed by atoms with Crippen molar-refractivity contribution in [3.8, 4) is 15.4 Å². The molecule has 5 atom stereocenters. The van der Waals surface area contributed by atoms with Gasteiger partial charge in [0.05, 0.1) is 53.0 Å². The molecule has 0 radical (unpaired) electrons. The van der Waals surface area contributed by atoms with Gasteiger partial charge in [0.1, 0.15) is 29.5 Å². The second-order valence-electron chi connectivity index (χ2n) is 21.9. The van der Waals surface area contributed by atoms with E-state index in [4.69, 9.17) is 21.3 Å². The molecule has 0 aliphatic carbocycles. The summed E-state index contributed by atoms with van der Waals surface area (Å²) in [6.07, 6.45) is 2.14. The number of aliphatic hydroxyl groups excluding tert-OH is 1. The van der Waals surface area contributed by atoms with Crippen LogP contribution in [0.1, 0.15) is 133 Å². The molecule has 6 heterocycles. The number of aryl methyl sites for hydroxylation is 4. The van der Waals surface area contributed by atoms with Gasteiger partial charge in [-0.25, -0.2) is 4.98 Å². The summed E-state index contributed by atoms with van der Waals surface area (Å²) in [6, 6.07) is 21.9. The summed E-state index contributed by atoms with van der Waals surface area (Å²) in [5.74, 6) is 0.750. The molecule has 2 saturated heterocycles. The van der Waals surface area contributed by atoms with Crippen molar-refractivity contribution in [2.24, 2.45) is 10.4 Å². The predicted octanol–water partition coefficient (Wildman–Crippen LogP) is 9.39. The summed E-state index contributed by atoms with van der Waals surface area (Å²) in [5.41, 5.74) is 10.4. The number of fused-ring (bicyclic) bond motifs is 3. The SMILES string of the molecule is Cc1ncsc1-c1ccc(CCC(=O)[C@@H]2C[C@@H](O)CN2C(=O)[C@@H](NC(=O)COCCN2CCC(c3ccc([C@H](C)NC(=O)C[C@@H]4N=C(c5ccc(Cl)cc5)c5c(sc(C)c5C)-n5c(C)nnc54)cc3)CC2)C(C)(C)C)cc1. The first kappa shape index (κ1) is 55.8. The molecule has 406 valence electrons. The van der Waals surface area contributed by atoms with E-state index in [1.54, 1.807) is 22.7 Å². The van der Waals surface area contributed by atoms with Crippen LogP contribution in [0, 0.1) is 33.1 Å². The molecule has 0 unspecified atom stereocenters. The highest BCUT2D eigenvalue weighted by atomic mass is 35.5. The van der Waals surface area contributed by atoms with E-state index in [1.807, 2.05) is 95.6 Å². The zero-order valence-corrected chi connectivity index (χ0v) is 47.7. The number of thiazole rings is 1. The molecule has 3 amide bonds. The number of rotatable bonds is 18. The highest BCUT2D eigenvalue weighted by molar-refractivity contribution is 7.15. The van der Waals surface area contributed by atoms with Crippen LogP contribution in [0.15, 0.2) is 83.3 Å². The lowest BCUT2D eigenvalue weighted by Gasteiger charge is -2.35. The normalized spacial score (nSPS) is 18.8. The minimum Gasteiger partial charge on any atom is -0.391 e. The van der Waals surface area contributed by atoms with Gasteiger partial charge < -0.3 is 30.3 Å². The molecule has 18 heteroatoms. The highest BCUT2D eigenvalue weighted by Gasteiger charge is 2.44. The minimum absolute atomic E-state index is 0.0357. The number of aliphatic hydroxyl groups is 1. The van der Waals surface area contributed by atoms with Crippen molar-refractivity contribution in [3.63, 3.8) is 0 Å². The maximum absolute atomic E-state index is 14.1. The summed E-state index contributed by atoms with van der Waals surface area (Å²) < 4.78 is 7.92. The molecule has 3 N–H and O–H groups in total. The van der Waals surface area contributed by atoms with E-state index in [0.29, 0.717) is 36.3 Å². The monoisotopic (exact) mass is 1100 g/mol. The van der Waals surface area contributed by atoms with E-state index in [2.05, 4.69) is 73.4 Å². The molecule has 3 aromatic carbocycles. The molecule has 0 spiro atoms. The maximum Gasteiger partial charge on any atom is 0.246 e. The summed E-state index contributed by atoms with van der Waals surface area (Å²) in [7, 11) is 0. The van der Waals surface area contributed by atoms with E-state index >= 15 is 0 Å². The van der Waals surface area contributed by atoms with Crippen LogP contribution in [0.25, 0.3) is 15.4 Å². The number of hydrogen-bond acceptors (Lipinski definition) is 13. The van der Waals surface area contributed by atoms with E-state index in [9.17, 15) is 24.3 Å². The lowest BCUT2D eigenvalue weighted by molar-refractivity contribution is -0.144. The molecule has 3 aliphatic rings. The smallest absolute Gasteiger partial charge is 0.246 e. The zero-order chi connectivity index (χ0) is 54.7. The molecular formula is C59H70ClN9O6S2. The molecule has 0 saturated carbocycles. The molecule has 77 heavy (non-hydrogen) atoms. The van der Waals surface area contributed by atoms with Crippen LogP contribution in [-0.2, 0) is 30.3 Å². The number of nitrogens with one attached hydrogen (secondary N) is 2. The lowest BCUT2D eigenvalue weighted by Crippen LogP contribution is -2.57. The number of carbonyl (C=O) groups is 4. The van der Waals surface area contributed by atoms with Gasteiger partial charge in [0.15, 0.2) is 11.6 Å². The number of piperidine rings is 1. The fourth-order valence-corrected chi connectivity index (χ4v) is 13.0. The van der Waals surface area contributed by atoms with Crippen LogP contribution in [-0.4, -0.2) is 121 Å². The number of aromatic nitrogens is 4. The number of benzene rings is 3. The van der Waals surface area contributed by atoms with Crippen LogP contribution < -0.4 is 10.6 Å². The van der Waals surface area contributed by atoms with Gasteiger partial charge in [0.2, 0.25) is 17.7 Å². The topological polar surface area (TPSA) is 184 Å². The lowest BCUT2D eigenvalue weighted by atomic mass is 9.85. The molecule has 3 aliphatic heterocycles. The van der Waals surface area contributed by atoms with Crippen molar-refractivity contribution in [1.82, 2.24) is 40.2 Å². The summed E-state index contributed by atoms with van der Waals surface area (Å²) in [6.45, 7) is 18.4. The average Bonchev–Trinajstić information content (AvgIpc) is 4.31. The number of ether oxygens (including phenoxy) is 1. The number of halogens is 1. The molecule has 0 bridgehead atoms. The Hall–Kier alpha value is -5.95. The number of β-amino-alcohol motifs (C(OH)–C–C–N with tert-alkyl or cyclic N) is 1. The van der Waals surface area contributed by atoms with Crippen LogP contribution in [0.3, 0.4) is 0 Å². The number of aliphatic imine (C=N–C) groups is 1. The van der Waals surface area contributed by atoms with Gasteiger partial charge in [-0.2, -0.15) is 0 Å². The first-order chi connectivity index (χ1) is 36.8. The number of nitrogens with zero attached hydrogens (tertiary/aromatic N) is 7. The number of thiophene rings is 1. The number of ketones is 1. The summed E-state index contributed by atoms with van der Waals surface area (Å²) >= 11 is 9.57.